The van der Waals surface area contributed by atoms with Gasteiger partial charge in [0.15, 0.2) is 11.5 Å². The van der Waals surface area contributed by atoms with Crippen LogP contribution in [0.3, 0.4) is 0 Å². The van der Waals surface area contributed by atoms with Crippen molar-refractivity contribution in [1.82, 2.24) is 10.2 Å². The summed E-state index contributed by atoms with van der Waals surface area (Å²) in [4.78, 5) is 25.9. The predicted octanol–water partition coefficient (Wildman–Crippen LogP) is 3.52. The van der Waals surface area contributed by atoms with Crippen LogP contribution in [-0.2, 0) is 9.59 Å². The molecule has 0 saturated carbocycles. The molecule has 0 atom stereocenters. The number of hydrogen-bond acceptors (Lipinski definition) is 4. The van der Waals surface area contributed by atoms with Crippen LogP contribution in [0, 0.1) is 0 Å². The zero-order chi connectivity index (χ0) is 20.6. The summed E-state index contributed by atoms with van der Waals surface area (Å²) in [5, 5.41) is 3.25. The number of nitrogens with zero attached hydrogens (tertiary/aromatic N) is 1. The highest BCUT2D eigenvalue weighted by atomic mass is 35.5. The van der Waals surface area contributed by atoms with E-state index in [1.54, 1.807) is 18.2 Å². The Labute approximate surface area is 166 Å². The van der Waals surface area contributed by atoms with Gasteiger partial charge in [-0.2, -0.15) is 0 Å². The quantitative estimate of drug-likeness (QED) is 0.682. The Morgan fingerprint density at radius 3 is 2.44 bits per heavy atom. The highest BCUT2D eigenvalue weighted by molar-refractivity contribution is 6.32. The fourth-order valence-corrected chi connectivity index (χ4v) is 2.64. The second-order valence-corrected chi connectivity index (χ2v) is 7.36. The maximum atomic E-state index is 12.4. The van der Waals surface area contributed by atoms with Crippen molar-refractivity contribution in [2.24, 2.45) is 0 Å². The van der Waals surface area contributed by atoms with Crippen molar-refractivity contribution in [1.29, 1.82) is 0 Å². The number of likely N-dealkylation sites (N-methyl/N-ethyl adjacent to an activating group) is 1. The highest BCUT2D eigenvalue weighted by Gasteiger charge is 2.18. The standard InChI is InChI=1S/C20H29ClN2O4/c1-7-23(13-17(24)22-20(3,4)5)18(25)10-9-14-11-15(21)19(27-8-2)16(12-14)26-6/h9-12H,7-8,13H2,1-6H3,(H,22,24)/b10-9+. The van der Waals surface area contributed by atoms with Gasteiger partial charge in [0.05, 0.1) is 25.3 Å². The molecule has 1 aromatic rings. The third-order valence-corrected chi connectivity index (χ3v) is 3.78. The molecule has 0 spiro atoms. The van der Waals surface area contributed by atoms with Crippen molar-refractivity contribution in [2.75, 3.05) is 26.8 Å². The lowest BCUT2D eigenvalue weighted by Crippen LogP contribution is -2.47. The molecule has 150 valence electrons. The van der Waals surface area contributed by atoms with Crippen LogP contribution in [0.5, 0.6) is 11.5 Å². The van der Waals surface area contributed by atoms with Crippen LogP contribution in [0.25, 0.3) is 6.08 Å². The third-order valence-electron chi connectivity index (χ3n) is 3.50. The van der Waals surface area contributed by atoms with Crippen LogP contribution in [0.4, 0.5) is 0 Å². The van der Waals surface area contributed by atoms with Gasteiger partial charge in [-0.1, -0.05) is 11.6 Å². The van der Waals surface area contributed by atoms with Gasteiger partial charge in [0.1, 0.15) is 0 Å². The van der Waals surface area contributed by atoms with E-state index in [-0.39, 0.29) is 23.9 Å². The first-order valence-electron chi connectivity index (χ1n) is 8.89. The van der Waals surface area contributed by atoms with E-state index in [4.69, 9.17) is 21.1 Å². The molecule has 7 heteroatoms. The number of halogens is 1. The summed E-state index contributed by atoms with van der Waals surface area (Å²) in [5.74, 6) is 0.509. The molecule has 0 heterocycles. The van der Waals surface area contributed by atoms with Gasteiger partial charge >= 0.3 is 0 Å². The van der Waals surface area contributed by atoms with Crippen LogP contribution in [0.2, 0.25) is 5.02 Å². The van der Waals surface area contributed by atoms with Crippen LogP contribution in [0.15, 0.2) is 18.2 Å². The molecule has 0 aliphatic heterocycles. The first kappa shape index (κ1) is 22.8. The maximum absolute atomic E-state index is 12.4. The fraction of sp³-hybridized carbons (Fsp3) is 0.500. The average molecular weight is 397 g/mol. The lowest BCUT2D eigenvalue weighted by Gasteiger charge is -2.24. The molecule has 1 aromatic carbocycles. The first-order chi connectivity index (χ1) is 12.6. The smallest absolute Gasteiger partial charge is 0.247 e. The van der Waals surface area contributed by atoms with Crippen molar-refractivity contribution >= 4 is 29.5 Å². The van der Waals surface area contributed by atoms with E-state index in [0.717, 1.165) is 0 Å². The summed E-state index contributed by atoms with van der Waals surface area (Å²) in [6, 6.07) is 3.44. The molecule has 0 bridgehead atoms. The number of methoxy groups -OCH3 is 1. The Bertz CT molecular complexity index is 696. The summed E-state index contributed by atoms with van der Waals surface area (Å²) >= 11 is 6.24. The van der Waals surface area contributed by atoms with Crippen molar-refractivity contribution in [3.05, 3.63) is 28.8 Å². The number of nitrogens with one attached hydrogen (secondary N) is 1. The molecule has 2 amide bonds. The zero-order valence-electron chi connectivity index (χ0n) is 16.9. The summed E-state index contributed by atoms with van der Waals surface area (Å²) < 4.78 is 10.8. The van der Waals surface area contributed by atoms with Gasteiger partial charge in [-0.3, -0.25) is 9.59 Å². The van der Waals surface area contributed by atoms with E-state index in [1.807, 2.05) is 34.6 Å². The Hall–Kier alpha value is -2.21. The van der Waals surface area contributed by atoms with Gasteiger partial charge in [0, 0.05) is 18.2 Å². The molecule has 1 rings (SSSR count). The summed E-state index contributed by atoms with van der Waals surface area (Å²) in [7, 11) is 1.53. The number of hydrogen-bond donors (Lipinski definition) is 1. The van der Waals surface area contributed by atoms with Gasteiger partial charge in [-0.15, -0.1) is 0 Å². The molecule has 27 heavy (non-hydrogen) atoms. The molecular weight excluding hydrogens is 368 g/mol. The van der Waals surface area contributed by atoms with E-state index in [0.29, 0.717) is 35.2 Å². The third kappa shape index (κ3) is 7.51. The van der Waals surface area contributed by atoms with E-state index in [1.165, 1.54) is 18.1 Å². The van der Waals surface area contributed by atoms with E-state index < -0.39 is 0 Å². The van der Waals surface area contributed by atoms with Crippen LogP contribution >= 0.6 is 11.6 Å². The van der Waals surface area contributed by atoms with Crippen molar-refractivity contribution in [3.8, 4) is 11.5 Å². The number of carbonyl (C=O) groups is 2. The molecule has 6 nitrogen and oxygen atoms in total. The molecule has 0 aliphatic rings. The second kappa shape index (κ2) is 10.2. The first-order valence-corrected chi connectivity index (χ1v) is 9.27. The molecule has 0 saturated heterocycles. The topological polar surface area (TPSA) is 67.9 Å². The lowest BCUT2D eigenvalue weighted by atomic mass is 10.1. The van der Waals surface area contributed by atoms with Crippen LogP contribution in [-0.4, -0.2) is 49.1 Å². The number of ether oxygens (including phenoxy) is 2. The van der Waals surface area contributed by atoms with Crippen molar-refractivity contribution in [3.63, 3.8) is 0 Å². The zero-order valence-corrected chi connectivity index (χ0v) is 17.6. The predicted molar refractivity (Wildman–Crippen MR) is 108 cm³/mol. The highest BCUT2D eigenvalue weighted by Crippen LogP contribution is 2.36. The SMILES string of the molecule is CCOc1c(Cl)cc(/C=C/C(=O)N(CC)CC(=O)NC(C)(C)C)cc1OC. The summed E-state index contributed by atoms with van der Waals surface area (Å²) in [6.45, 7) is 10.3. The Kier molecular flexibility index (Phi) is 8.63. The molecule has 0 unspecified atom stereocenters. The minimum Gasteiger partial charge on any atom is -0.493 e. The monoisotopic (exact) mass is 396 g/mol. The minimum absolute atomic E-state index is 0.00426. The van der Waals surface area contributed by atoms with Gasteiger partial charge in [-0.25, -0.2) is 0 Å². The molecule has 0 radical (unpaired) electrons. The number of benzene rings is 1. The van der Waals surface area contributed by atoms with E-state index in [9.17, 15) is 9.59 Å². The Balaban J connectivity index is 2.89. The Morgan fingerprint density at radius 2 is 1.93 bits per heavy atom. The minimum atomic E-state index is -0.342. The molecule has 1 N–H and O–H groups in total. The van der Waals surface area contributed by atoms with Gasteiger partial charge < -0.3 is 19.7 Å². The van der Waals surface area contributed by atoms with Gasteiger partial charge in [0.25, 0.3) is 0 Å². The van der Waals surface area contributed by atoms with Crippen molar-refractivity contribution in [2.45, 2.75) is 40.2 Å². The number of rotatable bonds is 8. The summed E-state index contributed by atoms with van der Waals surface area (Å²) in [5.41, 5.74) is 0.356. The second-order valence-electron chi connectivity index (χ2n) is 6.95. The van der Waals surface area contributed by atoms with Crippen molar-refractivity contribution < 1.29 is 19.1 Å². The van der Waals surface area contributed by atoms with E-state index >= 15 is 0 Å². The van der Waals surface area contributed by atoms with Gasteiger partial charge in [-0.05, 0) is 58.4 Å². The normalized spacial score (nSPS) is 11.4. The molecule has 0 aliphatic carbocycles. The van der Waals surface area contributed by atoms with Gasteiger partial charge in [0.2, 0.25) is 11.8 Å². The summed E-state index contributed by atoms with van der Waals surface area (Å²) in [6.07, 6.45) is 3.05. The van der Waals surface area contributed by atoms with E-state index in [2.05, 4.69) is 5.32 Å². The molecular formula is C20H29ClN2O4. The average Bonchev–Trinajstić information content (AvgIpc) is 2.57. The Morgan fingerprint density at radius 1 is 1.26 bits per heavy atom. The molecule has 0 aromatic heterocycles. The van der Waals surface area contributed by atoms with Crippen LogP contribution < -0.4 is 14.8 Å². The lowest BCUT2D eigenvalue weighted by molar-refractivity contribution is -0.132. The van der Waals surface area contributed by atoms with Crippen LogP contribution in [0.1, 0.15) is 40.2 Å². The maximum Gasteiger partial charge on any atom is 0.247 e. The number of amides is 2. The largest absolute Gasteiger partial charge is 0.493 e. The number of carbonyl (C=O) groups excluding carboxylic acids is 2. The molecule has 0 fully saturated rings. The fourth-order valence-electron chi connectivity index (χ4n) is 2.37.